The Balaban J connectivity index is 1.07. The van der Waals surface area contributed by atoms with E-state index < -0.39 is 0 Å². The van der Waals surface area contributed by atoms with Gasteiger partial charge in [0.05, 0.1) is 40.3 Å². The highest BCUT2D eigenvalue weighted by atomic mass is 16.3. The second-order valence-electron chi connectivity index (χ2n) is 14.3. The van der Waals surface area contributed by atoms with Crippen LogP contribution in [0.4, 0.5) is 5.69 Å². The molecule has 0 saturated carbocycles. The molecule has 0 aliphatic rings. The summed E-state index contributed by atoms with van der Waals surface area (Å²) in [4.78, 5) is 4.09. The van der Waals surface area contributed by atoms with Crippen molar-refractivity contribution in [3.8, 4) is 28.6 Å². The first-order chi connectivity index (χ1) is 27.7. The number of benzene rings is 8. The molecule has 4 aromatic heterocycles. The molecular weight excluding hydrogens is 689 g/mol. The van der Waals surface area contributed by atoms with Gasteiger partial charge in [-0.25, -0.2) is 4.85 Å². The summed E-state index contributed by atoms with van der Waals surface area (Å²) >= 11 is 0. The lowest BCUT2D eigenvalue weighted by molar-refractivity contribution is 0.669. The van der Waals surface area contributed by atoms with Crippen molar-refractivity contribution in [3.63, 3.8) is 0 Å². The Hall–Kier alpha value is -8.06. The number of fused-ring (bicyclic) bond motifs is 14. The number of aromatic nitrogens is 2. The SMILES string of the molecule is [C-]#[N+]c1cc(-n2c3ccccc3c3c4c(ccc32)oc2ccccc24)ccc1-c1cc(C#N)cc(-n2c3ccccc3c3c4c(ccc32)oc2ccccc24)c1. The van der Waals surface area contributed by atoms with Crippen LogP contribution in [0.1, 0.15) is 5.56 Å². The van der Waals surface area contributed by atoms with Gasteiger partial charge in [0, 0.05) is 54.5 Å². The van der Waals surface area contributed by atoms with Crippen LogP contribution in [0.5, 0.6) is 0 Å². The normalized spacial score (nSPS) is 11.9. The minimum Gasteiger partial charge on any atom is -0.456 e. The van der Waals surface area contributed by atoms with Crippen molar-refractivity contribution >= 4 is 93.2 Å². The monoisotopic (exact) mass is 714 g/mol. The van der Waals surface area contributed by atoms with Gasteiger partial charge in [-0.1, -0.05) is 78.9 Å². The zero-order valence-electron chi connectivity index (χ0n) is 29.6. The van der Waals surface area contributed by atoms with Crippen molar-refractivity contribution in [2.24, 2.45) is 0 Å². The number of hydrogen-bond acceptors (Lipinski definition) is 3. The smallest absolute Gasteiger partial charge is 0.196 e. The van der Waals surface area contributed by atoms with Crippen LogP contribution in [-0.4, -0.2) is 9.13 Å². The van der Waals surface area contributed by atoms with E-state index in [-0.39, 0.29) is 0 Å². The number of nitrogens with zero attached hydrogens (tertiary/aromatic N) is 4. The first kappa shape index (κ1) is 30.4. The van der Waals surface area contributed by atoms with Gasteiger partial charge >= 0.3 is 0 Å². The molecule has 6 heteroatoms. The lowest BCUT2D eigenvalue weighted by Gasteiger charge is -2.14. The largest absolute Gasteiger partial charge is 0.456 e. The van der Waals surface area contributed by atoms with Crippen molar-refractivity contribution in [2.45, 2.75) is 0 Å². The predicted octanol–water partition coefficient (Wildman–Crippen LogP) is 13.8. The summed E-state index contributed by atoms with van der Waals surface area (Å²) < 4.78 is 17.0. The molecule has 12 rings (SSSR count). The maximum Gasteiger partial charge on any atom is 0.196 e. The average Bonchev–Trinajstić information content (AvgIpc) is 4.00. The Kier molecular flexibility index (Phi) is 6.10. The van der Waals surface area contributed by atoms with Gasteiger partial charge in [-0.2, -0.15) is 5.26 Å². The van der Waals surface area contributed by atoms with E-state index in [9.17, 15) is 5.26 Å². The van der Waals surface area contributed by atoms with E-state index in [1.165, 1.54) is 0 Å². The first-order valence-corrected chi connectivity index (χ1v) is 18.4. The molecule has 0 amide bonds. The molecule has 258 valence electrons. The number of nitriles is 1. The van der Waals surface area contributed by atoms with E-state index in [4.69, 9.17) is 15.4 Å². The molecule has 0 aliphatic carbocycles. The number of para-hydroxylation sites is 4. The zero-order chi connectivity index (χ0) is 37.1. The first-order valence-electron chi connectivity index (χ1n) is 18.4. The Morgan fingerprint density at radius 1 is 0.464 bits per heavy atom. The summed E-state index contributed by atoms with van der Waals surface area (Å²) in [5.74, 6) is 0. The summed E-state index contributed by atoms with van der Waals surface area (Å²) in [5.41, 5.74) is 11.8. The number of rotatable bonds is 3. The minimum absolute atomic E-state index is 0.498. The molecule has 0 bridgehead atoms. The van der Waals surface area contributed by atoms with E-state index >= 15 is 0 Å². The second-order valence-corrected chi connectivity index (χ2v) is 14.3. The van der Waals surface area contributed by atoms with Crippen LogP contribution in [0.25, 0.3) is 115 Å². The topological polar surface area (TPSA) is 64.3 Å². The third-order valence-corrected chi connectivity index (χ3v) is 11.3. The summed E-state index contributed by atoms with van der Waals surface area (Å²) in [6.07, 6.45) is 0. The summed E-state index contributed by atoms with van der Waals surface area (Å²) in [5, 5.41) is 19.1. The molecule has 12 aromatic rings. The summed E-state index contributed by atoms with van der Waals surface area (Å²) in [6.45, 7) is 8.42. The van der Waals surface area contributed by atoms with E-state index in [2.05, 4.69) is 98.9 Å². The highest BCUT2D eigenvalue weighted by Gasteiger charge is 2.22. The molecule has 0 unspecified atom stereocenters. The van der Waals surface area contributed by atoms with Crippen molar-refractivity contribution in [1.29, 1.82) is 5.26 Å². The van der Waals surface area contributed by atoms with Gasteiger partial charge in [-0.15, -0.1) is 0 Å². The van der Waals surface area contributed by atoms with Gasteiger partial charge < -0.3 is 18.0 Å². The lowest BCUT2D eigenvalue weighted by Crippen LogP contribution is -1.97. The Labute approximate surface area is 318 Å². The average molecular weight is 715 g/mol. The molecule has 0 fully saturated rings. The lowest BCUT2D eigenvalue weighted by atomic mass is 10.00. The van der Waals surface area contributed by atoms with Crippen LogP contribution in [0.15, 0.2) is 167 Å². The molecule has 8 aromatic carbocycles. The van der Waals surface area contributed by atoms with Crippen LogP contribution < -0.4 is 0 Å². The van der Waals surface area contributed by atoms with E-state index in [1.807, 2.05) is 78.9 Å². The third-order valence-electron chi connectivity index (χ3n) is 11.3. The molecule has 4 heterocycles. The summed E-state index contributed by atoms with van der Waals surface area (Å²) in [7, 11) is 0. The highest BCUT2D eigenvalue weighted by molar-refractivity contribution is 6.28. The van der Waals surface area contributed by atoms with E-state index in [0.29, 0.717) is 11.3 Å². The fraction of sp³-hybridized carbons (Fsp3) is 0. The van der Waals surface area contributed by atoms with Gasteiger partial charge in [0.2, 0.25) is 0 Å². The van der Waals surface area contributed by atoms with Crippen LogP contribution in [0, 0.1) is 17.9 Å². The quantitative estimate of drug-likeness (QED) is 0.171. The van der Waals surface area contributed by atoms with Crippen molar-refractivity contribution in [1.82, 2.24) is 9.13 Å². The third kappa shape index (κ3) is 4.07. The molecule has 56 heavy (non-hydrogen) atoms. The molecule has 0 radical (unpaired) electrons. The van der Waals surface area contributed by atoms with Gasteiger partial charge in [0.1, 0.15) is 22.3 Å². The molecule has 0 N–H and O–H groups in total. The molecule has 6 nitrogen and oxygen atoms in total. The van der Waals surface area contributed by atoms with Crippen LogP contribution in [-0.2, 0) is 0 Å². The number of furan rings is 2. The number of hydrogen-bond donors (Lipinski definition) is 0. The molecule has 0 spiro atoms. The van der Waals surface area contributed by atoms with Crippen molar-refractivity contribution < 1.29 is 8.83 Å². The maximum atomic E-state index is 10.4. The fourth-order valence-electron chi connectivity index (χ4n) is 9.06. The standard InChI is InChI=1S/C50H26N4O2/c1-52-38-27-31(53-39-14-6-2-10-34(39)47-41(53)20-22-45-49(47)36-12-4-8-16-43(36)55-45)18-19-33(38)30-24-29(28-51)25-32(26-30)54-40-15-7-3-11-35(40)48-42(54)21-23-46-50(48)37-13-5-9-17-44(37)56-46/h2-27H. The Morgan fingerprint density at radius 2 is 1.00 bits per heavy atom. The van der Waals surface area contributed by atoms with Gasteiger partial charge in [-0.3, -0.25) is 0 Å². The Bertz CT molecular complexity index is 3750. The van der Waals surface area contributed by atoms with E-state index in [0.717, 1.165) is 110 Å². The zero-order valence-corrected chi connectivity index (χ0v) is 29.6. The van der Waals surface area contributed by atoms with Crippen LogP contribution >= 0.6 is 0 Å². The molecule has 0 atom stereocenters. The molecule has 0 aliphatic heterocycles. The van der Waals surface area contributed by atoms with Crippen LogP contribution in [0.2, 0.25) is 0 Å². The molecule has 0 saturated heterocycles. The summed E-state index contributed by atoms with van der Waals surface area (Å²) in [6, 6.07) is 55.7. The minimum atomic E-state index is 0.498. The van der Waals surface area contributed by atoms with Gasteiger partial charge in [0.15, 0.2) is 5.69 Å². The Morgan fingerprint density at radius 3 is 1.57 bits per heavy atom. The van der Waals surface area contributed by atoms with Crippen molar-refractivity contribution in [2.75, 3.05) is 0 Å². The fourth-order valence-corrected chi connectivity index (χ4v) is 9.06. The maximum absolute atomic E-state index is 10.4. The van der Waals surface area contributed by atoms with Crippen molar-refractivity contribution in [3.05, 3.63) is 175 Å². The van der Waals surface area contributed by atoms with E-state index in [1.54, 1.807) is 0 Å². The van der Waals surface area contributed by atoms with Gasteiger partial charge in [-0.05, 0) is 90.0 Å². The molecular formula is C50H26N4O2. The predicted molar refractivity (Wildman–Crippen MR) is 226 cm³/mol. The highest BCUT2D eigenvalue weighted by Crippen LogP contribution is 2.44. The van der Waals surface area contributed by atoms with Crippen LogP contribution in [0.3, 0.4) is 0 Å². The second kappa shape index (κ2) is 11.2. The van der Waals surface area contributed by atoms with Gasteiger partial charge in [0.25, 0.3) is 0 Å².